The Kier molecular flexibility index (Phi) is 9.36. The molecule has 0 saturated heterocycles. The van der Waals surface area contributed by atoms with Gasteiger partial charge in [0.1, 0.15) is 67.2 Å². The summed E-state index contributed by atoms with van der Waals surface area (Å²) < 4.78 is 39.9. The predicted molar refractivity (Wildman–Crippen MR) is 342 cm³/mol. The van der Waals surface area contributed by atoms with Crippen LogP contribution < -0.4 is 0 Å². The molecule has 392 valence electrons. The second kappa shape index (κ2) is 17.2. The van der Waals surface area contributed by atoms with E-state index in [-0.39, 0.29) is 5.92 Å². The Morgan fingerprint density at radius 3 is 0.893 bits per heavy atom. The normalized spacial score (nSPS) is 13.7. The smallest absolute Gasteiger partial charge is 0.136 e. The van der Waals surface area contributed by atoms with Gasteiger partial charge in [-0.1, -0.05) is 127 Å². The minimum atomic E-state index is 0.235. The van der Waals surface area contributed by atoms with Gasteiger partial charge in [0.25, 0.3) is 0 Å². The lowest BCUT2D eigenvalue weighted by molar-refractivity contribution is 0.591. The third-order valence-electron chi connectivity index (χ3n) is 17.8. The van der Waals surface area contributed by atoms with Crippen LogP contribution in [0.15, 0.2) is 269 Å². The number of rotatable bonds is 6. The van der Waals surface area contributed by atoms with Crippen LogP contribution >= 0.6 is 0 Å². The van der Waals surface area contributed by atoms with Gasteiger partial charge >= 0.3 is 0 Å². The van der Waals surface area contributed by atoms with Crippen LogP contribution in [0.1, 0.15) is 22.8 Å². The van der Waals surface area contributed by atoms with Crippen molar-refractivity contribution in [1.29, 1.82) is 0 Å². The summed E-state index contributed by atoms with van der Waals surface area (Å²) in [5.41, 5.74) is 22.5. The number of benzene rings is 12. The van der Waals surface area contributed by atoms with Crippen molar-refractivity contribution < 1.29 is 26.5 Å². The molecular weight excluding hydrogens is 1030 g/mol. The summed E-state index contributed by atoms with van der Waals surface area (Å²) in [5.74, 6) is 1.15. The maximum absolute atomic E-state index is 6.72. The van der Waals surface area contributed by atoms with Crippen LogP contribution in [-0.4, -0.2) is 0 Å². The highest BCUT2D eigenvalue weighted by atomic mass is 16.4. The Hall–Kier alpha value is -11.1. The van der Waals surface area contributed by atoms with Crippen molar-refractivity contribution in [2.45, 2.75) is 12.3 Å². The van der Waals surface area contributed by atoms with Crippen LogP contribution in [0, 0.1) is 0 Å². The molecule has 6 nitrogen and oxygen atoms in total. The van der Waals surface area contributed by atoms with Gasteiger partial charge in [0.2, 0.25) is 0 Å². The molecule has 0 N–H and O–H groups in total. The Morgan fingerprint density at radius 1 is 0.238 bits per heavy atom. The topological polar surface area (TPSA) is 78.8 Å². The first-order valence-electron chi connectivity index (χ1n) is 28.6. The van der Waals surface area contributed by atoms with Gasteiger partial charge in [0.15, 0.2) is 0 Å². The third kappa shape index (κ3) is 6.79. The first-order chi connectivity index (χ1) is 41.5. The Labute approximate surface area is 478 Å². The maximum atomic E-state index is 6.72. The molecule has 0 radical (unpaired) electrons. The van der Waals surface area contributed by atoms with Gasteiger partial charge in [0, 0.05) is 70.7 Å². The monoisotopic (exact) mass is 1080 g/mol. The lowest BCUT2D eigenvalue weighted by atomic mass is 9.86. The van der Waals surface area contributed by atoms with E-state index >= 15 is 0 Å². The van der Waals surface area contributed by atoms with Gasteiger partial charge in [-0.25, -0.2) is 0 Å². The van der Waals surface area contributed by atoms with E-state index in [4.69, 9.17) is 26.5 Å². The molecule has 0 fully saturated rings. The van der Waals surface area contributed by atoms with Crippen LogP contribution in [0.2, 0.25) is 0 Å². The number of hydrogen-bond donors (Lipinski definition) is 0. The average Bonchev–Trinajstić information content (AvgIpc) is 2.53. The number of furan rings is 6. The summed E-state index contributed by atoms with van der Waals surface area (Å²) >= 11 is 0. The fourth-order valence-electron chi connectivity index (χ4n) is 13.9. The number of fused-ring (bicyclic) bond motifs is 21. The largest absolute Gasteiger partial charge is 0.456 e. The zero-order chi connectivity index (χ0) is 54.7. The van der Waals surface area contributed by atoms with E-state index in [9.17, 15) is 0 Å². The van der Waals surface area contributed by atoms with Gasteiger partial charge < -0.3 is 26.5 Å². The molecule has 0 bridgehead atoms. The fourth-order valence-corrected chi connectivity index (χ4v) is 13.9. The lowest BCUT2D eigenvalue weighted by Gasteiger charge is -2.17. The van der Waals surface area contributed by atoms with Crippen molar-refractivity contribution in [2.24, 2.45) is 0 Å². The highest BCUT2D eigenvalue weighted by Gasteiger charge is 2.26. The molecule has 6 heterocycles. The summed E-state index contributed by atoms with van der Waals surface area (Å²) in [6.45, 7) is 0. The molecule has 0 aliphatic heterocycles. The van der Waals surface area contributed by atoms with E-state index in [1.807, 2.05) is 24.3 Å². The van der Waals surface area contributed by atoms with Gasteiger partial charge in [-0.2, -0.15) is 0 Å². The van der Waals surface area contributed by atoms with Crippen molar-refractivity contribution in [1.82, 2.24) is 0 Å². The summed E-state index contributed by atoms with van der Waals surface area (Å²) in [6, 6.07) is 83.8. The first-order valence-corrected chi connectivity index (χ1v) is 28.6. The average molecular weight is 1080 g/mol. The highest BCUT2D eigenvalue weighted by Crippen LogP contribution is 2.48. The Morgan fingerprint density at radius 2 is 0.536 bits per heavy atom. The first kappa shape index (κ1) is 45.6. The second-order valence-corrected chi connectivity index (χ2v) is 22.6. The quantitative estimate of drug-likeness (QED) is 0.165. The summed E-state index contributed by atoms with van der Waals surface area (Å²) in [6.07, 6.45) is 5.26. The van der Waals surface area contributed by atoms with E-state index in [0.29, 0.717) is 0 Å². The molecule has 0 spiro atoms. The Balaban J connectivity index is 0.822. The molecule has 1 aliphatic carbocycles. The molecule has 19 rings (SSSR count). The molecule has 12 aromatic carbocycles. The molecule has 6 aromatic heterocycles. The minimum Gasteiger partial charge on any atom is -0.456 e. The minimum absolute atomic E-state index is 0.235. The van der Waals surface area contributed by atoms with E-state index in [1.54, 1.807) is 0 Å². The molecule has 6 heteroatoms. The number of allylic oxidation sites excluding steroid dienone is 1. The predicted octanol–water partition coefficient (Wildman–Crippen LogP) is 22.6. The second-order valence-electron chi connectivity index (χ2n) is 22.6. The van der Waals surface area contributed by atoms with Crippen molar-refractivity contribution in [3.8, 4) is 55.6 Å². The highest BCUT2D eigenvalue weighted by molar-refractivity contribution is 6.28. The van der Waals surface area contributed by atoms with Crippen LogP contribution in [0.5, 0.6) is 0 Å². The van der Waals surface area contributed by atoms with Gasteiger partial charge in [-0.15, -0.1) is 0 Å². The molecular formula is C78H44O6. The van der Waals surface area contributed by atoms with Crippen LogP contribution in [0.3, 0.4) is 0 Å². The van der Waals surface area contributed by atoms with Crippen LogP contribution in [0.25, 0.3) is 182 Å². The molecule has 1 unspecified atom stereocenters. The van der Waals surface area contributed by atoms with E-state index in [2.05, 4.69) is 224 Å². The SMILES string of the molecule is C1=CC(c2ccccc2)Cc2c1oc1ccc3oc4ccc(-c5cc(-c6ccc7oc8ccc9oc%10ccc(-c%11ccccc%11)cc%10c9c8c7c6)cc(-c6ccc7oc8ccc9oc%10ccc(-c%11ccccc%11)cc%10c9c8c7c6)c5)cc4c3c21. The summed E-state index contributed by atoms with van der Waals surface area (Å²) in [4.78, 5) is 0. The fraction of sp³-hybridized carbons (Fsp3) is 0.0256. The number of hydrogen-bond acceptors (Lipinski definition) is 6. The molecule has 1 atom stereocenters. The van der Waals surface area contributed by atoms with Gasteiger partial charge in [0.05, 0.1) is 0 Å². The molecule has 84 heavy (non-hydrogen) atoms. The molecule has 18 aromatic rings. The zero-order valence-electron chi connectivity index (χ0n) is 44.9. The van der Waals surface area contributed by atoms with Crippen molar-refractivity contribution >= 4 is 127 Å². The Bertz CT molecular complexity index is 5570. The standard InChI is InChI=1S/C78H44O6/c1-4-10-43(11-5-1)46-16-22-61-55(37-46)73-67(79-61)28-31-70-76(73)58-40-49(19-25-64(58)82-70)52-34-53(50-20-26-65-59(41-50)77-71(83-65)32-29-68-74(77)56-38-47(17-23-62(56)80-68)44-12-6-2-7-13-44)36-54(35-52)51-21-27-66-60(42-51)78-72(84-66)33-30-69-75(78)57-39-48(18-24-63(57)81-69)45-14-8-3-9-15-45/h1-38,40-42,48H,39H2. The van der Waals surface area contributed by atoms with Crippen LogP contribution in [-0.2, 0) is 6.42 Å². The van der Waals surface area contributed by atoms with Crippen molar-refractivity contribution in [3.05, 3.63) is 260 Å². The van der Waals surface area contributed by atoms with E-state index in [0.717, 1.165) is 188 Å². The summed E-state index contributed by atoms with van der Waals surface area (Å²) in [7, 11) is 0. The van der Waals surface area contributed by atoms with E-state index < -0.39 is 0 Å². The van der Waals surface area contributed by atoms with Crippen molar-refractivity contribution in [2.75, 3.05) is 0 Å². The van der Waals surface area contributed by atoms with Gasteiger partial charge in [-0.3, -0.25) is 0 Å². The van der Waals surface area contributed by atoms with E-state index in [1.165, 1.54) is 11.1 Å². The molecule has 0 amide bonds. The lowest BCUT2D eigenvalue weighted by Crippen LogP contribution is -2.04. The molecule has 1 aliphatic rings. The summed E-state index contributed by atoms with van der Waals surface area (Å²) in [5, 5.41) is 11.5. The van der Waals surface area contributed by atoms with Gasteiger partial charge in [-0.05, 0) is 189 Å². The zero-order valence-corrected chi connectivity index (χ0v) is 44.9. The van der Waals surface area contributed by atoms with Crippen LogP contribution in [0.4, 0.5) is 0 Å². The third-order valence-corrected chi connectivity index (χ3v) is 17.8. The maximum Gasteiger partial charge on any atom is 0.136 e. The molecule has 0 saturated carbocycles. The van der Waals surface area contributed by atoms with Crippen molar-refractivity contribution in [3.63, 3.8) is 0 Å².